The zero-order valence-corrected chi connectivity index (χ0v) is 18.2. The topological polar surface area (TPSA) is 110 Å². The Morgan fingerprint density at radius 1 is 1.19 bits per heavy atom. The van der Waals surface area contributed by atoms with Gasteiger partial charge in [0.25, 0.3) is 11.8 Å². The summed E-state index contributed by atoms with van der Waals surface area (Å²) in [6.07, 6.45) is 0.0777. The molecule has 8 nitrogen and oxygen atoms in total. The van der Waals surface area contributed by atoms with E-state index in [4.69, 9.17) is 11.6 Å². The lowest BCUT2D eigenvalue weighted by Crippen LogP contribution is -2.45. The first-order chi connectivity index (χ1) is 14.9. The average molecular weight is 464 g/mol. The molecular weight excluding hydrogens is 442 g/mol. The van der Waals surface area contributed by atoms with E-state index in [2.05, 4.69) is 5.32 Å². The van der Waals surface area contributed by atoms with Gasteiger partial charge in [0.1, 0.15) is 6.54 Å². The van der Waals surface area contributed by atoms with E-state index in [0.29, 0.717) is 40.8 Å². The number of amides is 3. The smallest absolute Gasteiger partial charge is 0.265 e. The second kappa shape index (κ2) is 8.96. The van der Waals surface area contributed by atoms with Gasteiger partial charge in [-0.25, -0.2) is 0 Å². The van der Waals surface area contributed by atoms with Crippen LogP contribution < -0.4 is 5.32 Å². The molecule has 1 aromatic heterocycles. The fraction of sp³-hybridized carbons (Fsp3) is 0.381. The third-order valence-corrected chi connectivity index (χ3v) is 6.96. The van der Waals surface area contributed by atoms with E-state index in [1.54, 1.807) is 35.2 Å². The van der Waals surface area contributed by atoms with Crippen molar-refractivity contribution in [3.05, 3.63) is 50.7 Å². The first-order valence-corrected chi connectivity index (χ1v) is 11.2. The minimum absolute atomic E-state index is 0.104. The molecule has 164 valence electrons. The first kappa shape index (κ1) is 21.8. The summed E-state index contributed by atoms with van der Waals surface area (Å²) in [6.45, 7) is 0.874. The quantitative estimate of drug-likeness (QED) is 0.630. The third kappa shape index (κ3) is 4.31. The molecule has 0 radical (unpaired) electrons. The van der Waals surface area contributed by atoms with Crippen LogP contribution in [0, 0.1) is 5.92 Å². The summed E-state index contributed by atoms with van der Waals surface area (Å²) >= 11 is 7.01. The predicted molar refractivity (Wildman–Crippen MR) is 116 cm³/mol. The number of hydrogen-bond donors (Lipinski definition) is 3. The van der Waals surface area contributed by atoms with Crippen LogP contribution in [0.5, 0.6) is 0 Å². The molecular formula is C21H22ClN3O5S. The number of anilines is 1. The van der Waals surface area contributed by atoms with Gasteiger partial charge in [0, 0.05) is 36.5 Å². The number of carbonyl (C=O) groups excluding carboxylic acids is 3. The summed E-state index contributed by atoms with van der Waals surface area (Å²) in [7, 11) is 0. The van der Waals surface area contributed by atoms with Crippen LogP contribution in [-0.2, 0) is 4.79 Å². The van der Waals surface area contributed by atoms with E-state index >= 15 is 0 Å². The standard InChI is InChI=1S/C21H22ClN3O5S/c22-16-5-4-15(31-16)19(28)23-14-3-1-2-13-18(14)21(30)25(20(13)29)10-17(27)24-8-6-12(11-26)7-9-24/h1-5,12,21,26,30H,6-11H2,(H,23,28). The highest BCUT2D eigenvalue weighted by Crippen LogP contribution is 2.37. The number of aliphatic hydroxyl groups excluding tert-OH is 2. The van der Waals surface area contributed by atoms with Gasteiger partial charge in [-0.05, 0) is 43.0 Å². The first-order valence-electron chi connectivity index (χ1n) is 9.96. The molecule has 2 aromatic rings. The van der Waals surface area contributed by atoms with Crippen LogP contribution in [0.3, 0.4) is 0 Å². The van der Waals surface area contributed by atoms with Crippen LogP contribution in [-0.4, -0.2) is 64.0 Å². The minimum atomic E-state index is -1.34. The van der Waals surface area contributed by atoms with Gasteiger partial charge in [0.15, 0.2) is 6.23 Å². The van der Waals surface area contributed by atoms with Crippen LogP contribution in [0.4, 0.5) is 5.69 Å². The number of nitrogens with one attached hydrogen (secondary N) is 1. The van der Waals surface area contributed by atoms with Crippen LogP contribution in [0.2, 0.25) is 4.34 Å². The molecule has 1 aromatic carbocycles. The van der Waals surface area contributed by atoms with Crippen LogP contribution in [0.1, 0.15) is 44.7 Å². The molecule has 1 atom stereocenters. The molecule has 1 fully saturated rings. The number of aliphatic hydroxyl groups is 2. The molecule has 31 heavy (non-hydrogen) atoms. The maximum Gasteiger partial charge on any atom is 0.265 e. The molecule has 4 rings (SSSR count). The van der Waals surface area contributed by atoms with E-state index in [1.807, 2.05) is 0 Å². The van der Waals surface area contributed by atoms with Crippen molar-refractivity contribution in [3.63, 3.8) is 0 Å². The number of piperidine rings is 1. The molecule has 2 aliphatic heterocycles. The highest BCUT2D eigenvalue weighted by Gasteiger charge is 2.39. The molecule has 1 saturated heterocycles. The van der Waals surface area contributed by atoms with E-state index in [1.165, 1.54) is 0 Å². The fourth-order valence-corrected chi connectivity index (χ4v) is 4.89. The van der Waals surface area contributed by atoms with Crippen molar-refractivity contribution < 1.29 is 24.6 Å². The van der Waals surface area contributed by atoms with Crippen LogP contribution in [0.25, 0.3) is 0 Å². The Balaban J connectivity index is 1.49. The lowest BCUT2D eigenvalue weighted by atomic mass is 9.98. The number of thiophene rings is 1. The van der Waals surface area contributed by atoms with Gasteiger partial charge in [-0.2, -0.15) is 0 Å². The maximum absolute atomic E-state index is 12.9. The SMILES string of the molecule is O=C(Nc1cccc2c1C(O)N(CC(=O)N1CCC(CO)CC1)C2=O)c1ccc(Cl)s1. The zero-order valence-electron chi connectivity index (χ0n) is 16.6. The van der Waals surface area contributed by atoms with Crippen molar-refractivity contribution in [2.75, 3.05) is 31.6 Å². The molecule has 0 spiro atoms. The van der Waals surface area contributed by atoms with E-state index < -0.39 is 18.0 Å². The summed E-state index contributed by atoms with van der Waals surface area (Å²) in [5.74, 6) is -0.922. The van der Waals surface area contributed by atoms with E-state index in [9.17, 15) is 24.6 Å². The van der Waals surface area contributed by atoms with Crippen molar-refractivity contribution in [1.82, 2.24) is 9.80 Å². The second-order valence-corrected chi connectivity index (χ2v) is 9.35. The highest BCUT2D eigenvalue weighted by molar-refractivity contribution is 7.18. The van der Waals surface area contributed by atoms with Crippen molar-refractivity contribution in [2.45, 2.75) is 19.1 Å². The van der Waals surface area contributed by atoms with Gasteiger partial charge in [0.2, 0.25) is 5.91 Å². The third-order valence-electron chi connectivity index (χ3n) is 5.73. The van der Waals surface area contributed by atoms with Gasteiger partial charge in [-0.3, -0.25) is 19.3 Å². The molecule has 3 heterocycles. The fourth-order valence-electron chi connectivity index (χ4n) is 3.95. The zero-order chi connectivity index (χ0) is 22.1. The highest BCUT2D eigenvalue weighted by atomic mass is 35.5. The number of likely N-dealkylation sites (tertiary alicyclic amines) is 1. The monoisotopic (exact) mass is 463 g/mol. The summed E-state index contributed by atoms with van der Waals surface area (Å²) in [5.41, 5.74) is 0.836. The Bertz CT molecular complexity index is 1020. The number of carbonyl (C=O) groups is 3. The Morgan fingerprint density at radius 2 is 1.94 bits per heavy atom. The second-order valence-electron chi connectivity index (χ2n) is 7.64. The lowest BCUT2D eigenvalue weighted by Gasteiger charge is -2.32. The molecule has 1 unspecified atom stereocenters. The summed E-state index contributed by atoms with van der Waals surface area (Å²) in [5, 5.41) is 22.8. The normalized spacial score (nSPS) is 18.9. The van der Waals surface area contributed by atoms with Crippen molar-refractivity contribution in [1.29, 1.82) is 0 Å². The molecule has 3 amide bonds. The Morgan fingerprint density at radius 3 is 2.58 bits per heavy atom. The summed E-state index contributed by atoms with van der Waals surface area (Å²) in [6, 6.07) is 8.00. The Labute approximate surface area is 188 Å². The predicted octanol–water partition coefficient (Wildman–Crippen LogP) is 2.33. The number of hydrogen-bond acceptors (Lipinski definition) is 6. The molecule has 10 heteroatoms. The summed E-state index contributed by atoms with van der Waals surface area (Å²) < 4.78 is 0.478. The lowest BCUT2D eigenvalue weighted by molar-refractivity contribution is -0.135. The molecule has 2 aliphatic rings. The molecule has 0 aliphatic carbocycles. The van der Waals surface area contributed by atoms with Gasteiger partial charge in [0.05, 0.1) is 9.21 Å². The number of nitrogens with zero attached hydrogens (tertiary/aromatic N) is 2. The Kier molecular flexibility index (Phi) is 6.29. The van der Waals surface area contributed by atoms with E-state index in [-0.39, 0.29) is 36.1 Å². The van der Waals surface area contributed by atoms with Crippen LogP contribution in [0.15, 0.2) is 30.3 Å². The van der Waals surface area contributed by atoms with Gasteiger partial charge >= 0.3 is 0 Å². The molecule has 3 N–H and O–H groups in total. The molecule has 0 bridgehead atoms. The maximum atomic E-state index is 12.9. The number of fused-ring (bicyclic) bond motifs is 1. The summed E-state index contributed by atoms with van der Waals surface area (Å²) in [4.78, 5) is 41.3. The Hall–Kier alpha value is -2.46. The minimum Gasteiger partial charge on any atom is -0.396 e. The number of benzene rings is 1. The largest absolute Gasteiger partial charge is 0.396 e. The van der Waals surface area contributed by atoms with Crippen LogP contribution >= 0.6 is 22.9 Å². The van der Waals surface area contributed by atoms with Crippen molar-refractivity contribution >= 4 is 46.3 Å². The number of rotatable bonds is 5. The average Bonchev–Trinajstić information content (AvgIpc) is 3.31. The number of halogens is 1. The van der Waals surface area contributed by atoms with Gasteiger partial charge in [-0.1, -0.05) is 17.7 Å². The van der Waals surface area contributed by atoms with Gasteiger partial charge in [-0.15, -0.1) is 11.3 Å². The van der Waals surface area contributed by atoms with E-state index in [0.717, 1.165) is 16.2 Å². The molecule has 0 saturated carbocycles. The van der Waals surface area contributed by atoms with Crippen molar-refractivity contribution in [2.24, 2.45) is 5.92 Å². The van der Waals surface area contributed by atoms with Crippen molar-refractivity contribution in [3.8, 4) is 0 Å². The van der Waals surface area contributed by atoms with Gasteiger partial charge < -0.3 is 20.4 Å².